The highest BCUT2D eigenvalue weighted by atomic mass is 35.5. The van der Waals surface area contributed by atoms with E-state index in [-0.39, 0.29) is 18.6 Å². The van der Waals surface area contributed by atoms with Gasteiger partial charge < -0.3 is 10.8 Å². The van der Waals surface area contributed by atoms with Crippen molar-refractivity contribution in [1.29, 1.82) is 0 Å². The van der Waals surface area contributed by atoms with Crippen molar-refractivity contribution in [2.45, 2.75) is 44.2 Å². The number of imide groups is 4. The fourth-order valence-electron chi connectivity index (χ4n) is 8.53. The van der Waals surface area contributed by atoms with Crippen LogP contribution < -0.4 is 11.2 Å². The number of alkyl halides is 3. The maximum Gasteiger partial charge on any atom is 0.417 e. The number of hydrogen-bond donors (Lipinski definition) is 3. The molecular formula is C35H28Cl2F3N5O6. The van der Waals surface area contributed by atoms with E-state index in [1.54, 1.807) is 56.3 Å². The van der Waals surface area contributed by atoms with Gasteiger partial charge >= 0.3 is 12.2 Å². The SMILES string of the molecule is Cc1cc([C@H]2C3=CC[C@@H]4C(=O)N(C(N)=O)C(=O)[C@@H]4[C@@H]3C[C@H]3C(=O)N(Nc4ncc(C(F)(F)F)cc4Cl)C(=O)[C@@]23c2ccc(Cl)cc2)cc(C)c1O. The first kappa shape index (κ1) is 34.5. The molecule has 3 heterocycles. The molecule has 1 aromatic heterocycles. The van der Waals surface area contributed by atoms with Crippen LogP contribution in [0.2, 0.25) is 10.0 Å². The smallest absolute Gasteiger partial charge is 0.417 e. The number of likely N-dealkylation sites (tertiary alicyclic amines) is 1. The molecule has 1 saturated carbocycles. The van der Waals surface area contributed by atoms with Gasteiger partial charge in [-0.2, -0.15) is 23.1 Å². The lowest BCUT2D eigenvalue weighted by atomic mass is 9.49. The van der Waals surface area contributed by atoms with E-state index in [9.17, 15) is 37.5 Å². The number of aromatic hydroxyl groups is 1. The van der Waals surface area contributed by atoms with Crippen molar-refractivity contribution in [3.05, 3.63) is 98.2 Å². The number of pyridine rings is 1. The summed E-state index contributed by atoms with van der Waals surface area (Å²) >= 11 is 12.5. The third-order valence-electron chi connectivity index (χ3n) is 10.6. The second-order valence-electron chi connectivity index (χ2n) is 13.3. The van der Waals surface area contributed by atoms with E-state index in [4.69, 9.17) is 28.9 Å². The number of aryl methyl sites for hydroxylation is 2. The number of amides is 6. The largest absolute Gasteiger partial charge is 0.507 e. The van der Waals surface area contributed by atoms with E-state index in [0.29, 0.717) is 55.0 Å². The molecule has 6 amide bonds. The predicted molar refractivity (Wildman–Crippen MR) is 176 cm³/mol. The minimum absolute atomic E-state index is 0.00898. The van der Waals surface area contributed by atoms with E-state index in [1.807, 2.05) is 0 Å². The van der Waals surface area contributed by atoms with Gasteiger partial charge in [0.1, 0.15) is 5.75 Å². The van der Waals surface area contributed by atoms with Crippen molar-refractivity contribution >= 4 is 58.7 Å². The maximum absolute atomic E-state index is 15.2. The highest BCUT2D eigenvalue weighted by Gasteiger charge is 2.70. The van der Waals surface area contributed by atoms with Gasteiger partial charge in [-0.3, -0.25) is 24.6 Å². The number of primary amides is 1. The fraction of sp³-hybridized carbons (Fsp3) is 0.314. The number of allylic oxidation sites excluding steroid dienone is 2. The normalized spacial score (nSPS) is 27.3. The molecule has 16 heteroatoms. The second kappa shape index (κ2) is 11.8. The fourth-order valence-corrected chi connectivity index (χ4v) is 8.87. The van der Waals surface area contributed by atoms with Crippen LogP contribution in [0.25, 0.3) is 0 Å². The van der Waals surface area contributed by atoms with Crippen molar-refractivity contribution in [1.82, 2.24) is 14.9 Å². The summed E-state index contributed by atoms with van der Waals surface area (Å²) in [5.41, 5.74) is 7.47. The van der Waals surface area contributed by atoms with Crippen LogP contribution in [0, 0.1) is 37.5 Å². The summed E-state index contributed by atoms with van der Waals surface area (Å²) in [6.45, 7) is 3.34. The molecule has 0 spiro atoms. The molecule has 2 aromatic carbocycles. The number of benzene rings is 2. The molecule has 3 aromatic rings. The van der Waals surface area contributed by atoms with Gasteiger partial charge in [0, 0.05) is 17.1 Å². The number of fused-ring (bicyclic) bond motifs is 4. The van der Waals surface area contributed by atoms with Gasteiger partial charge in [0.05, 0.1) is 33.8 Å². The Morgan fingerprint density at radius 2 is 1.65 bits per heavy atom. The Kier molecular flexibility index (Phi) is 7.99. The Morgan fingerprint density at radius 3 is 2.24 bits per heavy atom. The first-order chi connectivity index (χ1) is 24.0. The molecule has 2 aliphatic carbocycles. The summed E-state index contributed by atoms with van der Waals surface area (Å²) < 4.78 is 40.2. The molecule has 4 aliphatic rings. The lowest BCUT2D eigenvalue weighted by molar-refractivity contribution is -0.140. The lowest BCUT2D eigenvalue weighted by Gasteiger charge is -2.50. The Morgan fingerprint density at radius 1 is 1.00 bits per heavy atom. The van der Waals surface area contributed by atoms with E-state index < -0.39 is 87.2 Å². The van der Waals surface area contributed by atoms with Crippen molar-refractivity contribution in [2.24, 2.45) is 29.4 Å². The number of hydrazine groups is 1. The maximum atomic E-state index is 15.2. The molecule has 4 N–H and O–H groups in total. The first-order valence-electron chi connectivity index (χ1n) is 15.8. The van der Waals surface area contributed by atoms with Crippen LogP contribution in [0.4, 0.5) is 23.8 Å². The van der Waals surface area contributed by atoms with E-state index in [0.717, 1.165) is 0 Å². The van der Waals surface area contributed by atoms with Gasteiger partial charge in [0.15, 0.2) is 5.82 Å². The molecule has 6 atom stereocenters. The van der Waals surface area contributed by atoms with Gasteiger partial charge in [-0.25, -0.2) is 9.78 Å². The van der Waals surface area contributed by atoms with Gasteiger partial charge in [0.25, 0.3) is 11.8 Å². The van der Waals surface area contributed by atoms with Gasteiger partial charge in [-0.05, 0) is 73.1 Å². The van der Waals surface area contributed by atoms with Crippen LogP contribution in [-0.4, -0.2) is 49.7 Å². The molecule has 2 aliphatic heterocycles. The topological polar surface area (TPSA) is 163 Å². The molecule has 2 saturated heterocycles. The molecule has 0 unspecified atom stereocenters. The summed E-state index contributed by atoms with van der Waals surface area (Å²) in [6.07, 6.45) is -2.59. The van der Waals surface area contributed by atoms with Crippen LogP contribution in [0.1, 0.15) is 46.6 Å². The third kappa shape index (κ3) is 5.01. The van der Waals surface area contributed by atoms with Crippen LogP contribution >= 0.6 is 23.2 Å². The molecule has 3 fully saturated rings. The van der Waals surface area contributed by atoms with Gasteiger partial charge in [0.2, 0.25) is 11.8 Å². The number of nitrogens with one attached hydrogen (secondary N) is 1. The Hall–Kier alpha value is -4.95. The average molecular weight is 743 g/mol. The van der Waals surface area contributed by atoms with Crippen LogP contribution in [-0.2, 0) is 30.8 Å². The standard InChI is InChI=1S/C35H28Cl2F3N5O6/c1-14-9-16(10-15(2)27(14)46)26-20-7-8-21-25(31(49)44(29(21)47)33(41)51)22(20)12-23-30(48)45(32(50)34(23,26)17-3-5-19(36)6-4-17)43-28-24(37)11-18(13-42-28)35(38,39)40/h3-7,9-11,13,21-23,25-26,46H,8,12H2,1-2H3,(H2,41,51)(H,42,43)/t21-,22+,23-,25-,26-,34+/m0/s1. The summed E-state index contributed by atoms with van der Waals surface area (Å²) in [7, 11) is 0. The molecular weight excluding hydrogens is 714 g/mol. The Bertz CT molecular complexity index is 2080. The zero-order valence-corrected chi connectivity index (χ0v) is 28.3. The Labute approximate surface area is 298 Å². The van der Waals surface area contributed by atoms with E-state index in [2.05, 4.69) is 10.4 Å². The molecule has 51 heavy (non-hydrogen) atoms. The highest BCUT2D eigenvalue weighted by Crippen LogP contribution is 2.64. The molecule has 0 bridgehead atoms. The molecule has 11 nitrogen and oxygen atoms in total. The van der Waals surface area contributed by atoms with Crippen molar-refractivity contribution < 1.29 is 42.3 Å². The zero-order chi connectivity index (χ0) is 36.9. The minimum atomic E-state index is -4.76. The summed E-state index contributed by atoms with van der Waals surface area (Å²) in [6, 6.07) is 9.05. The predicted octanol–water partition coefficient (Wildman–Crippen LogP) is 5.79. The number of hydrogen-bond acceptors (Lipinski definition) is 8. The third-order valence-corrected chi connectivity index (χ3v) is 11.2. The highest BCUT2D eigenvalue weighted by molar-refractivity contribution is 6.33. The van der Waals surface area contributed by atoms with Crippen LogP contribution in [0.3, 0.4) is 0 Å². The number of anilines is 1. The zero-order valence-electron chi connectivity index (χ0n) is 26.8. The number of carbonyl (C=O) groups excluding carboxylic acids is 5. The summed E-state index contributed by atoms with van der Waals surface area (Å²) in [4.78, 5) is 73.3. The Balaban J connectivity index is 1.46. The monoisotopic (exact) mass is 741 g/mol. The molecule has 0 radical (unpaired) electrons. The van der Waals surface area contributed by atoms with Crippen molar-refractivity contribution in [2.75, 3.05) is 5.43 Å². The number of phenolic OH excluding ortho intramolecular Hbond substituents is 1. The van der Waals surface area contributed by atoms with E-state index >= 15 is 4.79 Å². The quantitative estimate of drug-likeness (QED) is 0.224. The number of aromatic nitrogens is 1. The summed E-state index contributed by atoms with van der Waals surface area (Å²) in [5.74, 6) is -8.61. The van der Waals surface area contributed by atoms with E-state index in [1.165, 1.54) is 0 Å². The van der Waals surface area contributed by atoms with Gasteiger partial charge in [-0.15, -0.1) is 0 Å². The van der Waals surface area contributed by atoms with Gasteiger partial charge in [-0.1, -0.05) is 59.1 Å². The lowest BCUT2D eigenvalue weighted by Crippen LogP contribution is -2.53. The van der Waals surface area contributed by atoms with Crippen molar-refractivity contribution in [3.8, 4) is 5.75 Å². The minimum Gasteiger partial charge on any atom is -0.507 e. The number of nitrogens with two attached hydrogens (primary N) is 1. The first-order valence-corrected chi connectivity index (χ1v) is 16.5. The second-order valence-corrected chi connectivity index (χ2v) is 14.1. The number of rotatable bonds is 4. The molecule has 7 rings (SSSR count). The molecule has 264 valence electrons. The number of phenols is 1. The average Bonchev–Trinajstić information content (AvgIpc) is 3.45. The van der Waals surface area contributed by atoms with Crippen molar-refractivity contribution in [3.63, 3.8) is 0 Å². The van der Waals surface area contributed by atoms with Crippen LogP contribution in [0.5, 0.6) is 5.75 Å². The number of carbonyl (C=O) groups is 5. The number of urea groups is 1. The summed E-state index contributed by atoms with van der Waals surface area (Å²) in [5, 5.41) is 11.2. The van der Waals surface area contributed by atoms with Crippen LogP contribution in [0.15, 0.2) is 60.3 Å². The number of nitrogens with zero attached hydrogens (tertiary/aromatic N) is 3. The number of halogens is 5.